The van der Waals surface area contributed by atoms with Crippen molar-refractivity contribution in [3.8, 4) is 5.75 Å². The second-order valence-corrected chi connectivity index (χ2v) is 9.72. The highest BCUT2D eigenvalue weighted by molar-refractivity contribution is 6.32. The van der Waals surface area contributed by atoms with Gasteiger partial charge in [-0.1, -0.05) is 66.2 Å². The van der Waals surface area contributed by atoms with E-state index in [4.69, 9.17) is 16.3 Å². The molecule has 0 aromatic heterocycles. The Labute approximate surface area is 210 Å². The quantitative estimate of drug-likeness (QED) is 0.430. The summed E-state index contributed by atoms with van der Waals surface area (Å²) in [6, 6.07) is 21.4. The summed E-state index contributed by atoms with van der Waals surface area (Å²) in [5.41, 5.74) is 1.11. The van der Waals surface area contributed by atoms with E-state index in [-0.39, 0.29) is 30.8 Å². The standard InChI is InChI=1S/C28H30ClFN2O3/c1-28(2,3)31-27(34)24(17-20-9-5-4-6-10-20)32(18-21-13-15-22(30)16-14-21)26(33)19-35-25-12-8-7-11-23(25)29/h4-16,24H,17-19H2,1-3H3,(H,31,34). The normalized spacial score (nSPS) is 12.0. The van der Waals surface area contributed by atoms with Crippen molar-refractivity contribution in [1.82, 2.24) is 10.2 Å². The lowest BCUT2D eigenvalue weighted by Crippen LogP contribution is -2.55. The summed E-state index contributed by atoms with van der Waals surface area (Å²) >= 11 is 6.18. The van der Waals surface area contributed by atoms with Gasteiger partial charge in [0.1, 0.15) is 17.6 Å². The van der Waals surface area contributed by atoms with Crippen molar-refractivity contribution >= 4 is 23.4 Å². The zero-order valence-corrected chi connectivity index (χ0v) is 20.9. The average Bonchev–Trinajstić information content (AvgIpc) is 2.81. The number of amides is 2. The van der Waals surface area contributed by atoms with Gasteiger partial charge < -0.3 is 15.0 Å². The number of benzene rings is 3. The van der Waals surface area contributed by atoms with E-state index in [9.17, 15) is 14.0 Å². The van der Waals surface area contributed by atoms with Crippen LogP contribution in [0.2, 0.25) is 5.02 Å². The van der Waals surface area contributed by atoms with Crippen LogP contribution in [0.25, 0.3) is 0 Å². The molecule has 0 saturated carbocycles. The molecule has 0 saturated heterocycles. The molecule has 5 nitrogen and oxygen atoms in total. The van der Waals surface area contributed by atoms with E-state index in [1.165, 1.54) is 17.0 Å². The molecule has 3 rings (SSSR count). The lowest BCUT2D eigenvalue weighted by molar-refractivity contribution is -0.143. The molecule has 35 heavy (non-hydrogen) atoms. The van der Waals surface area contributed by atoms with E-state index >= 15 is 0 Å². The number of para-hydroxylation sites is 1. The Balaban J connectivity index is 1.93. The molecule has 3 aromatic rings. The number of halogens is 2. The van der Waals surface area contributed by atoms with E-state index in [0.717, 1.165) is 5.56 Å². The van der Waals surface area contributed by atoms with E-state index in [0.29, 0.717) is 22.8 Å². The molecule has 0 radical (unpaired) electrons. The molecule has 0 heterocycles. The van der Waals surface area contributed by atoms with E-state index < -0.39 is 11.6 Å². The predicted octanol–water partition coefficient (Wildman–Crippen LogP) is 5.41. The zero-order valence-electron chi connectivity index (χ0n) is 20.1. The van der Waals surface area contributed by atoms with Gasteiger partial charge in [0.15, 0.2) is 6.61 Å². The minimum Gasteiger partial charge on any atom is -0.482 e. The molecule has 0 spiro atoms. The Kier molecular flexibility index (Phi) is 8.88. The minimum absolute atomic E-state index is 0.111. The zero-order chi connectivity index (χ0) is 25.4. The van der Waals surface area contributed by atoms with Gasteiger partial charge in [-0.3, -0.25) is 9.59 Å². The van der Waals surface area contributed by atoms with Crippen LogP contribution in [0.4, 0.5) is 4.39 Å². The Bertz CT molecular complexity index is 1130. The fourth-order valence-corrected chi connectivity index (χ4v) is 3.77. The maximum atomic E-state index is 13.5. The largest absolute Gasteiger partial charge is 0.482 e. The first-order valence-corrected chi connectivity index (χ1v) is 11.8. The fraction of sp³-hybridized carbons (Fsp3) is 0.286. The van der Waals surface area contributed by atoms with Gasteiger partial charge in [0.2, 0.25) is 5.91 Å². The van der Waals surface area contributed by atoms with Crippen molar-refractivity contribution in [3.05, 3.63) is 101 Å². The van der Waals surface area contributed by atoms with Gasteiger partial charge in [-0.2, -0.15) is 0 Å². The highest BCUT2D eigenvalue weighted by Crippen LogP contribution is 2.23. The second kappa shape index (κ2) is 11.8. The SMILES string of the molecule is CC(C)(C)NC(=O)C(Cc1ccccc1)N(Cc1ccc(F)cc1)C(=O)COc1ccccc1Cl. The number of carbonyl (C=O) groups excluding carboxylic acids is 2. The summed E-state index contributed by atoms with van der Waals surface area (Å²) in [7, 11) is 0. The van der Waals surface area contributed by atoms with Crippen molar-refractivity contribution in [2.24, 2.45) is 0 Å². The third kappa shape index (κ3) is 8.11. The van der Waals surface area contributed by atoms with E-state index in [2.05, 4.69) is 5.32 Å². The summed E-state index contributed by atoms with van der Waals surface area (Å²) < 4.78 is 19.2. The molecular formula is C28H30ClFN2O3. The molecular weight excluding hydrogens is 467 g/mol. The summed E-state index contributed by atoms with van der Waals surface area (Å²) in [5.74, 6) is -0.670. The first kappa shape index (κ1) is 26.2. The number of carbonyl (C=O) groups is 2. The third-order valence-electron chi connectivity index (χ3n) is 5.22. The molecule has 0 aliphatic rings. The number of nitrogens with zero attached hydrogens (tertiary/aromatic N) is 1. The summed E-state index contributed by atoms with van der Waals surface area (Å²) in [6.07, 6.45) is 0.307. The maximum absolute atomic E-state index is 13.5. The van der Waals surface area contributed by atoms with Crippen LogP contribution in [-0.2, 0) is 22.6 Å². The van der Waals surface area contributed by atoms with Crippen molar-refractivity contribution in [1.29, 1.82) is 0 Å². The summed E-state index contributed by atoms with van der Waals surface area (Å²) in [6.45, 7) is 5.46. The lowest BCUT2D eigenvalue weighted by atomic mass is 10.0. The molecule has 7 heteroatoms. The van der Waals surface area contributed by atoms with Gasteiger partial charge in [-0.25, -0.2) is 4.39 Å². The smallest absolute Gasteiger partial charge is 0.261 e. The van der Waals surface area contributed by atoms with E-state index in [1.54, 1.807) is 36.4 Å². The van der Waals surface area contributed by atoms with Crippen LogP contribution in [0, 0.1) is 5.82 Å². The number of hydrogen-bond acceptors (Lipinski definition) is 3. The van der Waals surface area contributed by atoms with Crippen LogP contribution in [0.5, 0.6) is 5.75 Å². The average molecular weight is 497 g/mol. The molecule has 2 amide bonds. The van der Waals surface area contributed by atoms with Crippen molar-refractivity contribution in [2.45, 2.75) is 45.3 Å². The number of ether oxygens (including phenoxy) is 1. The van der Waals surface area contributed by atoms with Crippen LogP contribution < -0.4 is 10.1 Å². The Morgan fingerprint density at radius 1 is 0.943 bits per heavy atom. The molecule has 0 aliphatic carbocycles. The second-order valence-electron chi connectivity index (χ2n) is 9.31. The Hall–Kier alpha value is -3.38. The van der Waals surface area contributed by atoms with Crippen LogP contribution >= 0.6 is 11.6 Å². The highest BCUT2D eigenvalue weighted by atomic mass is 35.5. The van der Waals surface area contributed by atoms with Crippen LogP contribution in [0.3, 0.4) is 0 Å². The summed E-state index contributed by atoms with van der Waals surface area (Å²) in [5, 5.41) is 3.38. The maximum Gasteiger partial charge on any atom is 0.261 e. The van der Waals surface area contributed by atoms with Gasteiger partial charge >= 0.3 is 0 Å². The fourth-order valence-electron chi connectivity index (χ4n) is 3.58. The molecule has 184 valence electrons. The van der Waals surface area contributed by atoms with Crippen LogP contribution in [-0.4, -0.2) is 34.9 Å². The highest BCUT2D eigenvalue weighted by Gasteiger charge is 2.32. The monoisotopic (exact) mass is 496 g/mol. The number of nitrogens with one attached hydrogen (secondary N) is 1. The molecule has 3 aromatic carbocycles. The molecule has 1 atom stereocenters. The van der Waals surface area contributed by atoms with Gasteiger partial charge in [0.25, 0.3) is 5.91 Å². The predicted molar refractivity (Wildman–Crippen MR) is 136 cm³/mol. The van der Waals surface area contributed by atoms with Crippen LogP contribution in [0.15, 0.2) is 78.9 Å². The number of rotatable bonds is 9. The molecule has 0 bridgehead atoms. The third-order valence-corrected chi connectivity index (χ3v) is 5.54. The van der Waals surface area contributed by atoms with E-state index in [1.807, 2.05) is 51.1 Å². The molecule has 0 fully saturated rings. The number of hydrogen-bond donors (Lipinski definition) is 1. The lowest BCUT2D eigenvalue weighted by Gasteiger charge is -2.33. The summed E-state index contributed by atoms with van der Waals surface area (Å²) in [4.78, 5) is 28.4. The van der Waals surface area contributed by atoms with Gasteiger partial charge in [-0.05, 0) is 56.2 Å². The van der Waals surface area contributed by atoms with Crippen molar-refractivity contribution in [2.75, 3.05) is 6.61 Å². The Morgan fingerprint density at radius 2 is 1.57 bits per heavy atom. The van der Waals surface area contributed by atoms with Crippen molar-refractivity contribution < 1.29 is 18.7 Å². The minimum atomic E-state index is -0.816. The topological polar surface area (TPSA) is 58.6 Å². The first-order chi connectivity index (χ1) is 16.6. The van der Waals surface area contributed by atoms with Crippen LogP contribution in [0.1, 0.15) is 31.9 Å². The van der Waals surface area contributed by atoms with Gasteiger partial charge in [-0.15, -0.1) is 0 Å². The molecule has 0 aliphatic heterocycles. The van der Waals surface area contributed by atoms with Crippen molar-refractivity contribution in [3.63, 3.8) is 0 Å². The Morgan fingerprint density at radius 3 is 2.20 bits per heavy atom. The van der Waals surface area contributed by atoms with Gasteiger partial charge in [0.05, 0.1) is 5.02 Å². The first-order valence-electron chi connectivity index (χ1n) is 11.4. The molecule has 1 N–H and O–H groups in total. The molecule has 1 unspecified atom stereocenters. The van der Waals surface area contributed by atoms with Gasteiger partial charge in [0, 0.05) is 18.5 Å².